The van der Waals surface area contributed by atoms with Gasteiger partial charge in [0.05, 0.1) is 0 Å². The second-order valence-electron chi connectivity index (χ2n) is 5.81. The molecule has 0 aromatic heterocycles. The summed E-state index contributed by atoms with van der Waals surface area (Å²) in [6.45, 7) is 2.18. The van der Waals surface area contributed by atoms with Crippen LogP contribution in [0.2, 0.25) is 0 Å². The van der Waals surface area contributed by atoms with Crippen molar-refractivity contribution in [1.82, 2.24) is 0 Å². The van der Waals surface area contributed by atoms with Crippen LogP contribution in [0, 0.1) is 12.8 Å². The van der Waals surface area contributed by atoms with Gasteiger partial charge in [-0.05, 0) is 43.2 Å². The first-order valence-corrected chi connectivity index (χ1v) is 7.88. The Balaban J connectivity index is 1.74. The molecule has 2 rings (SSSR count). The lowest BCUT2D eigenvalue weighted by molar-refractivity contribution is 0.330. The van der Waals surface area contributed by atoms with E-state index in [4.69, 9.17) is 11.6 Å². The molecule has 1 aromatic carbocycles. The molecule has 0 nitrogen and oxygen atoms in total. The normalized spacial score (nSPS) is 18.8. The second kappa shape index (κ2) is 7.19. The first-order chi connectivity index (χ1) is 8.75. The SMILES string of the molecule is Cc1ccccc1CC(Cl)CCC1CCCCC1. The lowest BCUT2D eigenvalue weighted by atomic mass is 9.85. The molecule has 0 bridgehead atoms. The molecule has 1 aromatic rings. The molecule has 1 aliphatic carbocycles. The number of aryl methyl sites for hydroxylation is 1. The zero-order chi connectivity index (χ0) is 12.8. The molecule has 0 radical (unpaired) electrons. The van der Waals surface area contributed by atoms with Crippen LogP contribution < -0.4 is 0 Å². The summed E-state index contributed by atoms with van der Waals surface area (Å²) in [4.78, 5) is 0. The Kier molecular flexibility index (Phi) is 5.56. The van der Waals surface area contributed by atoms with Crippen LogP contribution in [-0.4, -0.2) is 5.38 Å². The summed E-state index contributed by atoms with van der Waals surface area (Å²) >= 11 is 6.51. The third-order valence-corrected chi connectivity index (χ3v) is 4.69. The fraction of sp³-hybridized carbons (Fsp3) is 0.647. The van der Waals surface area contributed by atoms with Gasteiger partial charge in [-0.25, -0.2) is 0 Å². The monoisotopic (exact) mass is 264 g/mol. The van der Waals surface area contributed by atoms with Crippen LogP contribution >= 0.6 is 11.6 Å². The number of hydrogen-bond acceptors (Lipinski definition) is 0. The van der Waals surface area contributed by atoms with Crippen molar-refractivity contribution in [3.05, 3.63) is 35.4 Å². The van der Waals surface area contributed by atoms with E-state index >= 15 is 0 Å². The van der Waals surface area contributed by atoms with E-state index in [1.165, 1.54) is 56.1 Å². The zero-order valence-corrected chi connectivity index (χ0v) is 12.3. The van der Waals surface area contributed by atoms with Gasteiger partial charge in [0, 0.05) is 5.38 Å². The average Bonchev–Trinajstić information content (AvgIpc) is 2.40. The number of hydrogen-bond donors (Lipinski definition) is 0. The minimum Gasteiger partial charge on any atom is -0.123 e. The van der Waals surface area contributed by atoms with Gasteiger partial charge in [0.2, 0.25) is 0 Å². The molecule has 0 heterocycles. The van der Waals surface area contributed by atoms with E-state index in [0.717, 1.165) is 12.3 Å². The van der Waals surface area contributed by atoms with Crippen molar-refractivity contribution in [3.63, 3.8) is 0 Å². The molecule has 100 valence electrons. The third kappa shape index (κ3) is 4.31. The molecule has 1 saturated carbocycles. The van der Waals surface area contributed by atoms with Gasteiger partial charge in [-0.1, -0.05) is 56.4 Å². The van der Waals surface area contributed by atoms with Crippen molar-refractivity contribution in [2.75, 3.05) is 0 Å². The highest BCUT2D eigenvalue weighted by Gasteiger charge is 2.15. The maximum atomic E-state index is 6.51. The fourth-order valence-electron chi connectivity index (χ4n) is 3.07. The first kappa shape index (κ1) is 13.9. The van der Waals surface area contributed by atoms with Crippen molar-refractivity contribution in [3.8, 4) is 0 Å². The van der Waals surface area contributed by atoms with E-state index in [9.17, 15) is 0 Å². The summed E-state index contributed by atoms with van der Waals surface area (Å²) in [6, 6.07) is 8.61. The van der Waals surface area contributed by atoms with Crippen molar-refractivity contribution >= 4 is 11.6 Å². The van der Waals surface area contributed by atoms with Crippen LogP contribution in [0.15, 0.2) is 24.3 Å². The van der Waals surface area contributed by atoms with Crippen LogP contribution in [0.25, 0.3) is 0 Å². The highest BCUT2D eigenvalue weighted by atomic mass is 35.5. The van der Waals surface area contributed by atoms with E-state index in [1.807, 2.05) is 0 Å². The molecule has 1 heteroatoms. The van der Waals surface area contributed by atoms with Crippen LogP contribution in [0.3, 0.4) is 0 Å². The van der Waals surface area contributed by atoms with Crippen LogP contribution in [0.4, 0.5) is 0 Å². The molecule has 0 spiro atoms. The van der Waals surface area contributed by atoms with Gasteiger partial charge in [0.15, 0.2) is 0 Å². The summed E-state index contributed by atoms with van der Waals surface area (Å²) < 4.78 is 0. The topological polar surface area (TPSA) is 0 Å². The van der Waals surface area contributed by atoms with E-state index in [2.05, 4.69) is 31.2 Å². The maximum absolute atomic E-state index is 6.51. The van der Waals surface area contributed by atoms with E-state index in [0.29, 0.717) is 5.38 Å². The Morgan fingerprint density at radius 1 is 1.17 bits per heavy atom. The van der Waals surface area contributed by atoms with E-state index < -0.39 is 0 Å². The number of halogens is 1. The van der Waals surface area contributed by atoms with Gasteiger partial charge >= 0.3 is 0 Å². The smallest absolute Gasteiger partial charge is 0.0376 e. The molecule has 18 heavy (non-hydrogen) atoms. The predicted molar refractivity (Wildman–Crippen MR) is 80.3 cm³/mol. The molecule has 1 aliphatic rings. The molecule has 0 N–H and O–H groups in total. The Hall–Kier alpha value is -0.490. The average molecular weight is 265 g/mol. The highest BCUT2D eigenvalue weighted by Crippen LogP contribution is 2.29. The summed E-state index contributed by atoms with van der Waals surface area (Å²) in [7, 11) is 0. The summed E-state index contributed by atoms with van der Waals surface area (Å²) in [5.74, 6) is 0.955. The minimum atomic E-state index is 0.313. The molecule has 0 amide bonds. The summed E-state index contributed by atoms with van der Waals surface area (Å²) in [6.07, 6.45) is 10.7. The van der Waals surface area contributed by atoms with Crippen LogP contribution in [0.5, 0.6) is 0 Å². The Bertz CT molecular complexity index is 352. The van der Waals surface area contributed by atoms with Gasteiger partial charge in [-0.3, -0.25) is 0 Å². The molecule has 1 atom stereocenters. The number of benzene rings is 1. The fourth-order valence-corrected chi connectivity index (χ4v) is 3.36. The molecular formula is C17H25Cl. The minimum absolute atomic E-state index is 0.313. The summed E-state index contributed by atoms with van der Waals surface area (Å²) in [5, 5.41) is 0.313. The van der Waals surface area contributed by atoms with Gasteiger partial charge in [0.25, 0.3) is 0 Å². The zero-order valence-electron chi connectivity index (χ0n) is 11.5. The Morgan fingerprint density at radius 3 is 2.61 bits per heavy atom. The molecular weight excluding hydrogens is 240 g/mol. The lowest BCUT2D eigenvalue weighted by Gasteiger charge is -2.22. The largest absolute Gasteiger partial charge is 0.123 e. The van der Waals surface area contributed by atoms with E-state index in [1.54, 1.807) is 0 Å². The Morgan fingerprint density at radius 2 is 1.89 bits per heavy atom. The van der Waals surface area contributed by atoms with Crippen molar-refractivity contribution in [2.45, 2.75) is 63.7 Å². The quantitative estimate of drug-likeness (QED) is 0.616. The Labute approximate surface area is 117 Å². The first-order valence-electron chi connectivity index (χ1n) is 7.44. The summed E-state index contributed by atoms with van der Waals surface area (Å²) in [5.41, 5.74) is 2.79. The molecule has 1 fully saturated rings. The van der Waals surface area contributed by atoms with Crippen molar-refractivity contribution in [2.24, 2.45) is 5.92 Å². The van der Waals surface area contributed by atoms with Crippen molar-refractivity contribution in [1.29, 1.82) is 0 Å². The second-order valence-corrected chi connectivity index (χ2v) is 6.43. The molecule has 0 aliphatic heterocycles. The third-order valence-electron chi connectivity index (χ3n) is 4.32. The maximum Gasteiger partial charge on any atom is 0.0376 e. The highest BCUT2D eigenvalue weighted by molar-refractivity contribution is 6.20. The van der Waals surface area contributed by atoms with Crippen LogP contribution in [-0.2, 0) is 6.42 Å². The van der Waals surface area contributed by atoms with Crippen LogP contribution in [0.1, 0.15) is 56.1 Å². The standard InChI is InChI=1S/C17H25Cl/c1-14-7-5-6-10-16(14)13-17(18)12-11-15-8-3-2-4-9-15/h5-7,10,15,17H,2-4,8-9,11-13H2,1H3. The van der Waals surface area contributed by atoms with Gasteiger partial charge in [0.1, 0.15) is 0 Å². The lowest BCUT2D eigenvalue weighted by Crippen LogP contribution is -2.11. The molecule has 0 saturated heterocycles. The predicted octanol–water partition coefficient (Wildman–Crippen LogP) is 5.51. The molecule has 1 unspecified atom stereocenters. The van der Waals surface area contributed by atoms with E-state index in [-0.39, 0.29) is 0 Å². The number of rotatable bonds is 5. The van der Waals surface area contributed by atoms with Crippen molar-refractivity contribution < 1.29 is 0 Å². The number of alkyl halides is 1. The van der Waals surface area contributed by atoms with Gasteiger partial charge in [-0.15, -0.1) is 11.6 Å². The van der Waals surface area contributed by atoms with Gasteiger partial charge in [-0.2, -0.15) is 0 Å². The van der Waals surface area contributed by atoms with Gasteiger partial charge < -0.3 is 0 Å².